The van der Waals surface area contributed by atoms with Crippen molar-refractivity contribution in [3.8, 4) is 0 Å². The smallest absolute Gasteiger partial charge is 0.255 e. The molecule has 2 fully saturated rings. The van der Waals surface area contributed by atoms with Crippen LogP contribution in [-0.4, -0.2) is 42.3 Å². The molecule has 2 aliphatic rings. The molecule has 31 heavy (non-hydrogen) atoms. The standard InChI is InChI=1S/C25H29N3O3/c1-18-8-6-10-21(14-18)26-24(30)19-9-7-11-22(15-19)28-17-20(16-23(28)29)25(31)27-12-4-2-3-5-13-27/h6-11,14-15,20H,2-5,12-13,16-17H2,1H3,(H,26,30). The molecule has 3 amide bonds. The Balaban J connectivity index is 1.45. The van der Waals surface area contributed by atoms with E-state index < -0.39 is 0 Å². The number of aryl methyl sites for hydroxylation is 1. The summed E-state index contributed by atoms with van der Waals surface area (Å²) in [6.45, 7) is 3.92. The molecule has 0 bridgehead atoms. The normalized spacial score (nSPS) is 19.3. The average molecular weight is 420 g/mol. The van der Waals surface area contributed by atoms with Crippen LogP contribution in [0, 0.1) is 12.8 Å². The van der Waals surface area contributed by atoms with E-state index >= 15 is 0 Å². The van der Waals surface area contributed by atoms with Crippen molar-refractivity contribution in [1.29, 1.82) is 0 Å². The van der Waals surface area contributed by atoms with E-state index in [1.165, 1.54) is 0 Å². The molecule has 1 unspecified atom stereocenters. The van der Waals surface area contributed by atoms with E-state index in [9.17, 15) is 14.4 Å². The number of rotatable bonds is 4. The molecule has 0 spiro atoms. The second-order valence-corrected chi connectivity index (χ2v) is 8.52. The first kappa shape index (κ1) is 21.1. The Hall–Kier alpha value is -3.15. The molecule has 6 nitrogen and oxygen atoms in total. The Labute approximate surface area is 183 Å². The van der Waals surface area contributed by atoms with Crippen LogP contribution in [-0.2, 0) is 9.59 Å². The Morgan fingerprint density at radius 1 is 0.968 bits per heavy atom. The fourth-order valence-corrected chi connectivity index (χ4v) is 4.41. The summed E-state index contributed by atoms with van der Waals surface area (Å²) in [5.41, 5.74) is 2.94. The van der Waals surface area contributed by atoms with Crippen molar-refractivity contribution < 1.29 is 14.4 Å². The van der Waals surface area contributed by atoms with Crippen LogP contribution in [0.2, 0.25) is 0 Å². The van der Waals surface area contributed by atoms with E-state index in [0.717, 1.165) is 50.0 Å². The second kappa shape index (κ2) is 9.33. The highest BCUT2D eigenvalue weighted by molar-refractivity contribution is 6.06. The third-order valence-electron chi connectivity index (χ3n) is 6.09. The summed E-state index contributed by atoms with van der Waals surface area (Å²) >= 11 is 0. The van der Waals surface area contributed by atoms with Gasteiger partial charge in [-0.15, -0.1) is 0 Å². The fourth-order valence-electron chi connectivity index (χ4n) is 4.41. The molecule has 2 heterocycles. The number of nitrogens with one attached hydrogen (secondary N) is 1. The maximum Gasteiger partial charge on any atom is 0.255 e. The first-order valence-corrected chi connectivity index (χ1v) is 11.1. The van der Waals surface area contributed by atoms with Crippen LogP contribution in [0.15, 0.2) is 48.5 Å². The van der Waals surface area contributed by atoms with Crippen LogP contribution in [0.5, 0.6) is 0 Å². The lowest BCUT2D eigenvalue weighted by molar-refractivity contribution is -0.135. The highest BCUT2D eigenvalue weighted by Gasteiger charge is 2.37. The minimum absolute atomic E-state index is 0.0654. The Morgan fingerprint density at radius 2 is 1.71 bits per heavy atom. The molecule has 4 rings (SSSR count). The van der Waals surface area contributed by atoms with Crippen molar-refractivity contribution in [1.82, 2.24) is 4.90 Å². The first-order chi connectivity index (χ1) is 15.0. The van der Waals surface area contributed by atoms with Crippen molar-refractivity contribution in [2.24, 2.45) is 5.92 Å². The molecule has 2 aromatic carbocycles. The van der Waals surface area contributed by atoms with E-state index in [4.69, 9.17) is 0 Å². The maximum atomic E-state index is 13.0. The minimum Gasteiger partial charge on any atom is -0.342 e. The van der Waals surface area contributed by atoms with E-state index in [1.807, 2.05) is 42.2 Å². The van der Waals surface area contributed by atoms with Crippen molar-refractivity contribution in [3.05, 3.63) is 59.7 Å². The molecule has 0 aliphatic carbocycles. The topological polar surface area (TPSA) is 69.7 Å². The van der Waals surface area contributed by atoms with Gasteiger partial charge in [-0.3, -0.25) is 14.4 Å². The van der Waals surface area contributed by atoms with Gasteiger partial charge in [0.1, 0.15) is 0 Å². The number of likely N-dealkylation sites (tertiary alicyclic amines) is 1. The lowest BCUT2D eigenvalue weighted by atomic mass is 10.1. The molecule has 1 N–H and O–H groups in total. The fraction of sp³-hybridized carbons (Fsp3) is 0.400. The Kier molecular flexibility index (Phi) is 6.35. The van der Waals surface area contributed by atoms with Gasteiger partial charge in [0.2, 0.25) is 11.8 Å². The van der Waals surface area contributed by atoms with Crippen LogP contribution < -0.4 is 10.2 Å². The number of hydrogen-bond donors (Lipinski definition) is 1. The summed E-state index contributed by atoms with van der Waals surface area (Å²) in [7, 11) is 0. The molecular weight excluding hydrogens is 390 g/mol. The van der Waals surface area contributed by atoms with Crippen LogP contribution in [0.4, 0.5) is 11.4 Å². The summed E-state index contributed by atoms with van der Waals surface area (Å²) in [4.78, 5) is 42.0. The van der Waals surface area contributed by atoms with Gasteiger partial charge in [-0.05, 0) is 55.7 Å². The predicted molar refractivity (Wildman–Crippen MR) is 121 cm³/mol. The summed E-state index contributed by atoms with van der Waals surface area (Å²) in [6.07, 6.45) is 4.63. The zero-order valence-electron chi connectivity index (χ0n) is 18.0. The van der Waals surface area contributed by atoms with Gasteiger partial charge in [-0.2, -0.15) is 0 Å². The number of hydrogen-bond acceptors (Lipinski definition) is 3. The van der Waals surface area contributed by atoms with Crippen molar-refractivity contribution in [2.75, 3.05) is 29.9 Å². The predicted octanol–water partition coefficient (Wildman–Crippen LogP) is 4.00. The second-order valence-electron chi connectivity index (χ2n) is 8.52. The Morgan fingerprint density at radius 3 is 2.45 bits per heavy atom. The molecule has 1 atom stereocenters. The molecular formula is C25H29N3O3. The third kappa shape index (κ3) is 4.95. The van der Waals surface area contributed by atoms with Gasteiger partial charge >= 0.3 is 0 Å². The molecule has 0 aromatic heterocycles. The van der Waals surface area contributed by atoms with Gasteiger partial charge in [-0.1, -0.05) is 31.0 Å². The molecule has 2 saturated heterocycles. The minimum atomic E-state index is -0.310. The summed E-state index contributed by atoms with van der Waals surface area (Å²) < 4.78 is 0. The van der Waals surface area contributed by atoms with Gasteiger partial charge in [0.15, 0.2) is 0 Å². The van der Waals surface area contributed by atoms with Gasteiger partial charge in [-0.25, -0.2) is 0 Å². The van der Waals surface area contributed by atoms with Crippen LogP contribution in [0.3, 0.4) is 0 Å². The summed E-state index contributed by atoms with van der Waals surface area (Å²) in [5, 5.41) is 2.90. The maximum absolute atomic E-state index is 13.0. The highest BCUT2D eigenvalue weighted by Crippen LogP contribution is 2.28. The van der Waals surface area contributed by atoms with Gasteiger partial charge in [0.05, 0.1) is 5.92 Å². The first-order valence-electron chi connectivity index (χ1n) is 11.1. The third-order valence-corrected chi connectivity index (χ3v) is 6.09. The number of benzene rings is 2. The average Bonchev–Trinajstić information content (AvgIpc) is 2.97. The quantitative estimate of drug-likeness (QED) is 0.814. The zero-order chi connectivity index (χ0) is 21.8. The largest absolute Gasteiger partial charge is 0.342 e. The molecule has 2 aromatic rings. The number of carbonyl (C=O) groups excluding carboxylic acids is 3. The van der Waals surface area contributed by atoms with E-state index in [0.29, 0.717) is 17.8 Å². The Bertz CT molecular complexity index is 979. The zero-order valence-corrected chi connectivity index (χ0v) is 18.0. The SMILES string of the molecule is Cc1cccc(NC(=O)c2cccc(N3CC(C(=O)N4CCCCCC4)CC3=O)c2)c1. The molecule has 6 heteroatoms. The van der Waals surface area contributed by atoms with Gasteiger partial charge in [0.25, 0.3) is 5.91 Å². The summed E-state index contributed by atoms with van der Waals surface area (Å²) in [5.74, 6) is -0.512. The van der Waals surface area contributed by atoms with Crippen molar-refractivity contribution >= 4 is 29.1 Å². The lowest BCUT2D eigenvalue weighted by Gasteiger charge is -2.24. The molecule has 0 radical (unpaired) electrons. The van der Waals surface area contributed by atoms with Crippen molar-refractivity contribution in [3.63, 3.8) is 0 Å². The number of nitrogens with zero attached hydrogens (tertiary/aromatic N) is 2. The van der Waals surface area contributed by atoms with Crippen LogP contribution in [0.1, 0.15) is 48.0 Å². The number of anilines is 2. The van der Waals surface area contributed by atoms with Gasteiger partial charge in [0, 0.05) is 43.0 Å². The number of amides is 3. The van der Waals surface area contributed by atoms with E-state index in [1.54, 1.807) is 23.1 Å². The highest BCUT2D eigenvalue weighted by atomic mass is 16.2. The van der Waals surface area contributed by atoms with E-state index in [-0.39, 0.29) is 30.1 Å². The van der Waals surface area contributed by atoms with Gasteiger partial charge < -0.3 is 15.1 Å². The monoisotopic (exact) mass is 419 g/mol. The summed E-state index contributed by atoms with van der Waals surface area (Å²) in [6, 6.07) is 14.7. The van der Waals surface area contributed by atoms with Crippen molar-refractivity contribution in [2.45, 2.75) is 39.0 Å². The number of carbonyl (C=O) groups is 3. The lowest BCUT2D eigenvalue weighted by Crippen LogP contribution is -2.38. The van der Waals surface area contributed by atoms with Crippen LogP contribution in [0.25, 0.3) is 0 Å². The molecule has 2 aliphatic heterocycles. The molecule has 162 valence electrons. The molecule has 0 saturated carbocycles. The van der Waals surface area contributed by atoms with E-state index in [2.05, 4.69) is 5.32 Å². The van der Waals surface area contributed by atoms with Crippen LogP contribution >= 0.6 is 0 Å².